The van der Waals surface area contributed by atoms with E-state index in [2.05, 4.69) is 17.4 Å². The van der Waals surface area contributed by atoms with E-state index in [4.69, 9.17) is 16.0 Å². The molecule has 13 heteroatoms. The largest absolute Gasteiger partial charge is 0.451 e. The van der Waals surface area contributed by atoms with Gasteiger partial charge in [-0.3, -0.25) is 23.5 Å². The van der Waals surface area contributed by atoms with Crippen LogP contribution in [0.2, 0.25) is 5.02 Å². The maximum atomic E-state index is 14.1. The summed E-state index contributed by atoms with van der Waals surface area (Å²) < 4.78 is 30.9. The van der Waals surface area contributed by atoms with Gasteiger partial charge in [0.1, 0.15) is 11.6 Å². The number of amides is 3. The highest BCUT2D eigenvalue weighted by molar-refractivity contribution is 7.92. The van der Waals surface area contributed by atoms with Gasteiger partial charge in [-0.05, 0) is 78.6 Å². The Bertz CT molecular complexity index is 2110. The Kier molecular flexibility index (Phi) is 10.8. The summed E-state index contributed by atoms with van der Waals surface area (Å²) in [5.74, 6) is -0.831. The van der Waals surface area contributed by atoms with E-state index in [9.17, 15) is 27.6 Å². The maximum Gasteiger partial charge on any atom is 0.287 e. The van der Waals surface area contributed by atoms with E-state index in [-0.39, 0.29) is 46.6 Å². The molecular weight excluding hydrogens is 692 g/mol. The number of fused-ring (bicyclic) bond motifs is 1. The fraction of sp³-hybridized carbons (Fsp3) is 0.368. The van der Waals surface area contributed by atoms with Crippen molar-refractivity contribution in [2.45, 2.75) is 57.0 Å². The molecule has 1 N–H and O–H groups in total. The molecule has 0 radical (unpaired) electrons. The average Bonchev–Trinajstić information content (AvgIpc) is 3.12. The molecule has 3 heterocycles. The molecule has 0 spiro atoms. The monoisotopic (exact) mass is 732 g/mol. The average molecular weight is 733 g/mol. The van der Waals surface area contributed by atoms with E-state index >= 15 is 0 Å². The first-order valence-corrected chi connectivity index (χ1v) is 19.3. The minimum absolute atomic E-state index is 0.103. The summed E-state index contributed by atoms with van der Waals surface area (Å²) in [6.45, 7) is 2.34. The molecule has 2 aliphatic rings. The number of anilines is 1. The van der Waals surface area contributed by atoms with E-state index in [0.717, 1.165) is 60.0 Å². The fourth-order valence-corrected chi connectivity index (χ4v) is 7.49. The van der Waals surface area contributed by atoms with Crippen LogP contribution in [0.25, 0.3) is 11.0 Å². The Morgan fingerprint density at radius 3 is 2.41 bits per heavy atom. The number of likely N-dealkylation sites (tertiary alicyclic amines) is 2. The van der Waals surface area contributed by atoms with Gasteiger partial charge >= 0.3 is 0 Å². The van der Waals surface area contributed by atoms with Crippen LogP contribution in [0, 0.1) is 0 Å². The second-order valence-corrected chi connectivity index (χ2v) is 15.8. The molecule has 6 rings (SSSR count). The van der Waals surface area contributed by atoms with Crippen molar-refractivity contribution in [2.24, 2.45) is 0 Å². The lowest BCUT2D eigenvalue weighted by atomic mass is 9.86. The number of carbonyl (C=O) groups excluding carboxylic acids is 3. The van der Waals surface area contributed by atoms with Gasteiger partial charge in [0.25, 0.3) is 5.91 Å². The van der Waals surface area contributed by atoms with E-state index in [1.54, 1.807) is 29.2 Å². The molecule has 1 unspecified atom stereocenters. The molecule has 268 valence electrons. The molecule has 3 amide bonds. The van der Waals surface area contributed by atoms with Crippen molar-refractivity contribution in [3.63, 3.8) is 0 Å². The van der Waals surface area contributed by atoms with Gasteiger partial charge in [-0.1, -0.05) is 48.0 Å². The van der Waals surface area contributed by atoms with Gasteiger partial charge in [0.2, 0.25) is 21.8 Å². The van der Waals surface area contributed by atoms with Crippen LogP contribution in [0.5, 0.6) is 0 Å². The Morgan fingerprint density at radius 1 is 0.980 bits per heavy atom. The van der Waals surface area contributed by atoms with Gasteiger partial charge < -0.3 is 19.5 Å². The number of hydrogen-bond donors (Lipinski definition) is 1. The Hall–Kier alpha value is -4.68. The molecule has 2 saturated heterocycles. The van der Waals surface area contributed by atoms with Crippen LogP contribution in [-0.2, 0) is 32.6 Å². The Morgan fingerprint density at radius 2 is 1.71 bits per heavy atom. The van der Waals surface area contributed by atoms with Crippen molar-refractivity contribution in [1.82, 2.24) is 15.1 Å². The number of carbonyl (C=O) groups is 3. The molecule has 2 fully saturated rings. The molecule has 0 aliphatic carbocycles. The van der Waals surface area contributed by atoms with Gasteiger partial charge in [0, 0.05) is 57.2 Å². The lowest BCUT2D eigenvalue weighted by Gasteiger charge is -2.36. The van der Waals surface area contributed by atoms with Crippen LogP contribution in [0.4, 0.5) is 5.69 Å². The third-order valence-corrected chi connectivity index (χ3v) is 11.3. The van der Waals surface area contributed by atoms with Gasteiger partial charge in [0.15, 0.2) is 11.2 Å². The summed E-state index contributed by atoms with van der Waals surface area (Å²) in [7, 11) is -2.19. The number of hydrogen-bond acceptors (Lipinski definition) is 7. The first kappa shape index (κ1) is 36.1. The minimum Gasteiger partial charge on any atom is -0.451 e. The molecule has 0 bridgehead atoms. The zero-order chi connectivity index (χ0) is 36.3. The number of piperidine rings is 2. The normalized spacial score (nSPS) is 16.3. The van der Waals surface area contributed by atoms with Crippen LogP contribution in [0.15, 0.2) is 82.0 Å². The van der Waals surface area contributed by atoms with E-state index in [1.807, 2.05) is 17.0 Å². The molecule has 51 heavy (non-hydrogen) atoms. The number of sulfonamides is 1. The van der Waals surface area contributed by atoms with Crippen LogP contribution >= 0.6 is 11.6 Å². The predicted molar refractivity (Wildman–Crippen MR) is 196 cm³/mol. The molecule has 4 aromatic rings. The quantitative estimate of drug-likeness (QED) is 0.240. The zero-order valence-corrected chi connectivity index (χ0v) is 30.2. The lowest BCUT2D eigenvalue weighted by Crippen LogP contribution is -2.51. The second kappa shape index (κ2) is 15.3. The van der Waals surface area contributed by atoms with Gasteiger partial charge in [-0.2, -0.15) is 0 Å². The molecule has 3 aromatic carbocycles. The second-order valence-electron chi connectivity index (χ2n) is 13.3. The number of nitrogens with one attached hydrogen (secondary N) is 1. The first-order chi connectivity index (χ1) is 24.4. The van der Waals surface area contributed by atoms with Crippen molar-refractivity contribution in [2.75, 3.05) is 37.2 Å². The van der Waals surface area contributed by atoms with Crippen LogP contribution in [0.3, 0.4) is 0 Å². The van der Waals surface area contributed by atoms with Gasteiger partial charge in [-0.25, -0.2) is 8.42 Å². The topological polar surface area (TPSA) is 137 Å². The third-order valence-electron chi connectivity index (χ3n) is 9.84. The highest BCUT2D eigenvalue weighted by atomic mass is 35.5. The van der Waals surface area contributed by atoms with Gasteiger partial charge in [-0.15, -0.1) is 0 Å². The molecule has 11 nitrogen and oxygen atoms in total. The van der Waals surface area contributed by atoms with Crippen LogP contribution in [0.1, 0.15) is 65.3 Å². The summed E-state index contributed by atoms with van der Waals surface area (Å²) in [6.07, 6.45) is 5.25. The standard InChI is InChI=1S/C38H41ClN4O7S/c1-41(51(2,48)49)29-14-15-34-31(22-29)33(44)23-35(50-34)37(46)40-32(21-25-10-12-28(39)13-11-25)38(47)42-19-16-26(17-20-42)30-8-4-3-7-27(30)24-43-18-6-5-9-36(43)45/h3-4,7-8,10-15,22-23,26,32H,5-6,9,16-21,24H2,1-2H3,(H,40,46). The number of nitrogens with zero attached hydrogens (tertiary/aromatic N) is 3. The molecule has 0 saturated carbocycles. The number of rotatable bonds is 10. The third kappa shape index (κ3) is 8.45. The lowest BCUT2D eigenvalue weighted by molar-refractivity contribution is -0.135. The highest BCUT2D eigenvalue weighted by Gasteiger charge is 2.32. The van der Waals surface area contributed by atoms with Crippen LogP contribution in [-0.4, -0.2) is 74.9 Å². The van der Waals surface area contributed by atoms with Crippen molar-refractivity contribution < 1.29 is 27.2 Å². The number of halogens is 1. The maximum absolute atomic E-state index is 14.1. The fourth-order valence-electron chi connectivity index (χ4n) is 6.87. The molecule has 1 atom stereocenters. The van der Waals surface area contributed by atoms with Crippen molar-refractivity contribution in [1.29, 1.82) is 0 Å². The summed E-state index contributed by atoms with van der Waals surface area (Å²) in [4.78, 5) is 57.0. The van der Waals surface area contributed by atoms with E-state index in [0.29, 0.717) is 31.1 Å². The smallest absolute Gasteiger partial charge is 0.287 e. The first-order valence-electron chi connectivity index (χ1n) is 17.1. The van der Waals surface area contributed by atoms with Crippen LogP contribution < -0.4 is 15.1 Å². The summed E-state index contributed by atoms with van der Waals surface area (Å²) >= 11 is 6.11. The van der Waals surface area contributed by atoms with E-state index < -0.39 is 27.4 Å². The molecular formula is C38H41ClN4O7S. The Labute approximate surface area is 302 Å². The summed E-state index contributed by atoms with van der Waals surface area (Å²) in [5, 5.41) is 3.47. The van der Waals surface area contributed by atoms with Crippen molar-refractivity contribution in [3.05, 3.63) is 110 Å². The molecule has 2 aliphatic heterocycles. The van der Waals surface area contributed by atoms with Crippen molar-refractivity contribution in [3.8, 4) is 0 Å². The van der Waals surface area contributed by atoms with Gasteiger partial charge in [0.05, 0.1) is 17.3 Å². The predicted octanol–water partition coefficient (Wildman–Crippen LogP) is 5.10. The zero-order valence-electron chi connectivity index (χ0n) is 28.6. The summed E-state index contributed by atoms with van der Waals surface area (Å²) in [6, 6.07) is 19.7. The Balaban J connectivity index is 1.19. The van der Waals surface area contributed by atoms with Crippen molar-refractivity contribution >= 4 is 56.0 Å². The highest BCUT2D eigenvalue weighted by Crippen LogP contribution is 2.32. The summed E-state index contributed by atoms with van der Waals surface area (Å²) in [5.41, 5.74) is 2.98. The SMILES string of the molecule is CN(c1ccc2oc(C(=O)NC(Cc3ccc(Cl)cc3)C(=O)N3CCC(c4ccccc4CN4CCCCC4=O)CC3)cc(=O)c2c1)S(C)(=O)=O. The molecule has 1 aromatic heterocycles. The van der Waals surface area contributed by atoms with E-state index in [1.165, 1.54) is 30.8 Å². The minimum atomic E-state index is -3.56. The number of benzene rings is 3.